The van der Waals surface area contributed by atoms with Gasteiger partial charge >= 0.3 is 0 Å². The second-order valence-electron chi connectivity index (χ2n) is 10.6. The van der Waals surface area contributed by atoms with Gasteiger partial charge in [-0.15, -0.1) is 0 Å². The smallest absolute Gasteiger partial charge is 0.252 e. The van der Waals surface area contributed by atoms with E-state index >= 15 is 0 Å². The number of carbonyl (C=O) groups is 1. The standard InChI is InChI=1S/C35H34Cl2N2O4/c1-24-8-10-25(11-9-24)18-19-38-34(41)35(23-26-6-3-2-4-7-26)32(30-17-14-28(36)22-31(30)37)43-33(39-35)27-12-15-29(16-13-27)42-21-5-20-40/h2-4,6-17,22,32,40H,5,18-21,23H2,1H3,(H,38,41)/t32-,35-/m1/s1. The first kappa shape index (κ1) is 30.6. The van der Waals surface area contributed by atoms with Crippen LogP contribution in [0.2, 0.25) is 10.0 Å². The minimum Gasteiger partial charge on any atom is -0.494 e. The van der Waals surface area contributed by atoms with E-state index in [1.54, 1.807) is 18.2 Å². The molecule has 5 rings (SSSR count). The van der Waals surface area contributed by atoms with Gasteiger partial charge in [0.05, 0.1) is 6.61 Å². The quantitative estimate of drug-likeness (QED) is 0.169. The summed E-state index contributed by atoms with van der Waals surface area (Å²) in [4.78, 5) is 19.4. The lowest BCUT2D eigenvalue weighted by Crippen LogP contribution is -2.50. The molecule has 0 saturated carbocycles. The molecule has 4 aromatic carbocycles. The molecule has 0 bridgehead atoms. The predicted octanol–water partition coefficient (Wildman–Crippen LogP) is 6.92. The SMILES string of the molecule is Cc1ccc(CCNC(=O)[C@]2(Cc3ccccc3)N=C(c3ccc(OCCCO)cc3)O[C@@H]2c2ccc(Cl)cc2Cl)cc1. The van der Waals surface area contributed by atoms with E-state index in [0.29, 0.717) is 65.2 Å². The van der Waals surface area contributed by atoms with Gasteiger partial charge in [0.15, 0.2) is 11.6 Å². The van der Waals surface area contributed by atoms with Crippen molar-refractivity contribution >= 4 is 35.0 Å². The third-order valence-electron chi connectivity index (χ3n) is 7.41. The van der Waals surface area contributed by atoms with Gasteiger partial charge in [-0.25, -0.2) is 4.99 Å². The van der Waals surface area contributed by atoms with Crippen molar-refractivity contribution in [3.05, 3.63) is 135 Å². The van der Waals surface area contributed by atoms with Crippen molar-refractivity contribution in [3.8, 4) is 5.75 Å². The van der Waals surface area contributed by atoms with Crippen LogP contribution in [-0.4, -0.2) is 42.2 Å². The Morgan fingerprint density at radius 2 is 1.72 bits per heavy atom. The van der Waals surface area contributed by atoms with Crippen LogP contribution < -0.4 is 10.1 Å². The van der Waals surface area contributed by atoms with Crippen molar-refractivity contribution in [2.75, 3.05) is 19.8 Å². The van der Waals surface area contributed by atoms with Crippen molar-refractivity contribution in [1.29, 1.82) is 0 Å². The number of aryl methyl sites for hydroxylation is 1. The summed E-state index contributed by atoms with van der Waals surface area (Å²) in [5.41, 5.74) is 3.23. The number of aliphatic hydroxyl groups excluding tert-OH is 1. The van der Waals surface area contributed by atoms with Crippen molar-refractivity contribution in [3.63, 3.8) is 0 Å². The largest absolute Gasteiger partial charge is 0.494 e. The van der Waals surface area contributed by atoms with Crippen LogP contribution in [0.5, 0.6) is 5.75 Å². The molecule has 1 aliphatic heterocycles. The Balaban J connectivity index is 1.52. The van der Waals surface area contributed by atoms with Crippen LogP contribution in [0.15, 0.2) is 102 Å². The second-order valence-corrected chi connectivity index (χ2v) is 11.5. The molecule has 4 aromatic rings. The Hall–Kier alpha value is -3.84. The number of ether oxygens (including phenoxy) is 2. The zero-order valence-electron chi connectivity index (χ0n) is 23.9. The van der Waals surface area contributed by atoms with Crippen LogP contribution in [-0.2, 0) is 22.4 Å². The van der Waals surface area contributed by atoms with E-state index in [1.807, 2.05) is 54.6 Å². The zero-order chi connectivity index (χ0) is 30.2. The summed E-state index contributed by atoms with van der Waals surface area (Å²) in [5, 5.41) is 13.1. The van der Waals surface area contributed by atoms with Crippen molar-refractivity contribution in [2.24, 2.45) is 4.99 Å². The van der Waals surface area contributed by atoms with Gasteiger partial charge in [0, 0.05) is 47.2 Å². The molecule has 0 saturated heterocycles. The van der Waals surface area contributed by atoms with Gasteiger partial charge in [0.25, 0.3) is 5.91 Å². The van der Waals surface area contributed by atoms with Crippen LogP contribution >= 0.6 is 23.2 Å². The Bertz CT molecular complexity index is 1560. The number of aliphatic hydroxyl groups is 1. The number of nitrogens with one attached hydrogen (secondary N) is 1. The summed E-state index contributed by atoms with van der Waals surface area (Å²) in [5.74, 6) is 0.749. The lowest BCUT2D eigenvalue weighted by atomic mass is 9.82. The van der Waals surface area contributed by atoms with Crippen molar-refractivity contribution in [2.45, 2.75) is 37.8 Å². The Kier molecular flexibility index (Phi) is 10.0. The fourth-order valence-corrected chi connectivity index (χ4v) is 5.62. The summed E-state index contributed by atoms with van der Waals surface area (Å²) >= 11 is 13.0. The van der Waals surface area contributed by atoms with Crippen LogP contribution in [0.4, 0.5) is 0 Å². The maximum atomic E-state index is 14.3. The highest BCUT2D eigenvalue weighted by Gasteiger charge is 2.53. The Labute approximate surface area is 262 Å². The summed E-state index contributed by atoms with van der Waals surface area (Å²) in [6.07, 6.45) is 0.698. The van der Waals surface area contributed by atoms with Gasteiger partial charge in [-0.1, -0.05) is 89.4 Å². The van der Waals surface area contributed by atoms with Gasteiger partial charge in [0.2, 0.25) is 5.90 Å². The first-order valence-corrected chi connectivity index (χ1v) is 15.1. The van der Waals surface area contributed by atoms with E-state index in [-0.39, 0.29) is 12.5 Å². The maximum absolute atomic E-state index is 14.3. The van der Waals surface area contributed by atoms with E-state index in [9.17, 15) is 4.79 Å². The van der Waals surface area contributed by atoms with Crippen molar-refractivity contribution < 1.29 is 19.4 Å². The lowest BCUT2D eigenvalue weighted by Gasteiger charge is -2.31. The normalized spacial score (nSPS) is 17.7. The average molecular weight is 618 g/mol. The van der Waals surface area contributed by atoms with Crippen LogP contribution in [0.3, 0.4) is 0 Å². The number of amides is 1. The third kappa shape index (κ3) is 7.39. The van der Waals surface area contributed by atoms with E-state index in [2.05, 4.69) is 36.5 Å². The number of halogens is 2. The van der Waals surface area contributed by atoms with Crippen LogP contribution in [0, 0.1) is 6.92 Å². The number of carbonyl (C=O) groups excluding carboxylic acids is 1. The lowest BCUT2D eigenvalue weighted by molar-refractivity contribution is -0.128. The second kappa shape index (κ2) is 14.1. The molecule has 0 unspecified atom stereocenters. The first-order valence-electron chi connectivity index (χ1n) is 14.3. The monoisotopic (exact) mass is 616 g/mol. The van der Waals surface area contributed by atoms with Gasteiger partial charge in [-0.2, -0.15) is 0 Å². The van der Waals surface area contributed by atoms with Gasteiger partial charge in [0.1, 0.15) is 5.75 Å². The summed E-state index contributed by atoms with van der Waals surface area (Å²) in [6.45, 7) is 2.96. The Morgan fingerprint density at radius 3 is 2.42 bits per heavy atom. The molecule has 43 heavy (non-hydrogen) atoms. The molecule has 8 heteroatoms. The van der Waals surface area contributed by atoms with E-state index in [1.165, 1.54) is 5.56 Å². The first-order chi connectivity index (χ1) is 20.9. The third-order valence-corrected chi connectivity index (χ3v) is 7.97. The molecular formula is C35H34Cl2N2O4. The zero-order valence-corrected chi connectivity index (χ0v) is 25.4. The fraction of sp³-hybridized carbons (Fsp3) is 0.257. The van der Waals surface area contributed by atoms with E-state index in [0.717, 1.165) is 11.1 Å². The molecule has 1 amide bonds. The van der Waals surface area contributed by atoms with Crippen LogP contribution in [0.25, 0.3) is 0 Å². The van der Waals surface area contributed by atoms with Gasteiger partial charge < -0.3 is 19.9 Å². The molecule has 0 spiro atoms. The molecule has 0 radical (unpaired) electrons. The van der Waals surface area contributed by atoms with Gasteiger partial charge in [-0.3, -0.25) is 4.79 Å². The summed E-state index contributed by atoms with van der Waals surface area (Å²) in [6, 6.07) is 30.6. The number of hydrogen-bond donors (Lipinski definition) is 2. The highest BCUT2D eigenvalue weighted by atomic mass is 35.5. The van der Waals surface area contributed by atoms with E-state index < -0.39 is 11.6 Å². The van der Waals surface area contributed by atoms with Crippen molar-refractivity contribution in [1.82, 2.24) is 5.32 Å². The number of benzene rings is 4. The predicted molar refractivity (Wildman–Crippen MR) is 171 cm³/mol. The molecule has 2 N–H and O–H groups in total. The minimum atomic E-state index is -1.35. The topological polar surface area (TPSA) is 80.2 Å². The number of rotatable bonds is 12. The minimum absolute atomic E-state index is 0.0634. The van der Waals surface area contributed by atoms with Gasteiger partial charge in [-0.05, 0) is 60.9 Å². The summed E-state index contributed by atoms with van der Waals surface area (Å²) < 4.78 is 12.3. The van der Waals surface area contributed by atoms with Crippen LogP contribution in [0.1, 0.15) is 40.3 Å². The molecule has 222 valence electrons. The average Bonchev–Trinajstić information content (AvgIpc) is 3.39. The number of aliphatic imine (C=N–C) groups is 1. The molecular weight excluding hydrogens is 583 g/mol. The Morgan fingerprint density at radius 1 is 0.977 bits per heavy atom. The molecule has 0 fully saturated rings. The fourth-order valence-electron chi connectivity index (χ4n) is 5.11. The molecule has 1 aliphatic rings. The number of nitrogens with zero attached hydrogens (tertiary/aromatic N) is 1. The highest BCUT2D eigenvalue weighted by molar-refractivity contribution is 6.35. The van der Waals surface area contributed by atoms with E-state index in [4.69, 9.17) is 42.8 Å². The summed E-state index contributed by atoms with van der Waals surface area (Å²) in [7, 11) is 0. The maximum Gasteiger partial charge on any atom is 0.252 e. The highest BCUT2D eigenvalue weighted by Crippen LogP contribution is 2.45. The molecule has 0 aromatic heterocycles. The molecule has 2 atom stereocenters. The number of hydrogen-bond acceptors (Lipinski definition) is 5. The molecule has 0 aliphatic carbocycles. The molecule has 1 heterocycles. The molecule has 6 nitrogen and oxygen atoms in total.